The van der Waals surface area contributed by atoms with Crippen LogP contribution in [0.5, 0.6) is 0 Å². The third-order valence-electron chi connectivity index (χ3n) is 2.50. The fourth-order valence-electron chi connectivity index (χ4n) is 1.35. The summed E-state index contributed by atoms with van der Waals surface area (Å²) in [4.78, 5) is 21.3. The van der Waals surface area contributed by atoms with Gasteiger partial charge in [0.25, 0.3) is 5.43 Å². The van der Waals surface area contributed by atoms with Crippen LogP contribution in [0.1, 0.15) is 0 Å². The van der Waals surface area contributed by atoms with Crippen LogP contribution in [0.2, 0.25) is 30.8 Å². The number of aromatic nitrogens is 1. The van der Waals surface area contributed by atoms with E-state index in [1.807, 2.05) is 0 Å². The quantitative estimate of drug-likeness (QED) is 0.266. The van der Waals surface area contributed by atoms with Gasteiger partial charge in [-0.25, -0.2) is 0 Å². The molecule has 0 saturated heterocycles. The van der Waals surface area contributed by atoms with Crippen LogP contribution in [-0.2, 0) is 11.5 Å². The van der Waals surface area contributed by atoms with Gasteiger partial charge < -0.3 is 9.30 Å². The molecule has 8 heteroatoms. The molecule has 0 radical (unpaired) electrons. The highest BCUT2D eigenvalue weighted by atomic mass is 35.5. The molecule has 0 saturated carbocycles. The number of nitrogens with zero attached hydrogens (tertiary/aromatic N) is 2. The van der Waals surface area contributed by atoms with Crippen LogP contribution in [0.15, 0.2) is 17.1 Å². The smallest absolute Gasteiger partial charge is 0.351 e. The zero-order valence-electron chi connectivity index (χ0n) is 11.2. The third-order valence-corrected chi connectivity index (χ3v) is 4.60. The lowest BCUT2D eigenvalue weighted by Gasteiger charge is -2.16. The van der Waals surface area contributed by atoms with Crippen molar-refractivity contribution in [3.63, 3.8) is 0 Å². The average molecular weight is 305 g/mol. The molecule has 6 nitrogen and oxygen atoms in total. The summed E-state index contributed by atoms with van der Waals surface area (Å²) in [6, 6.07) is 2.11. The van der Waals surface area contributed by atoms with E-state index in [1.54, 1.807) is 0 Å². The Balaban J connectivity index is 2.73. The van der Waals surface area contributed by atoms with Crippen molar-refractivity contribution in [3.05, 3.63) is 37.8 Å². The van der Waals surface area contributed by atoms with Crippen LogP contribution in [0, 0.1) is 10.1 Å². The van der Waals surface area contributed by atoms with Crippen LogP contribution >= 0.6 is 11.6 Å². The van der Waals surface area contributed by atoms with Crippen LogP contribution in [-0.4, -0.2) is 24.2 Å². The number of hydrogen-bond donors (Lipinski definition) is 0. The van der Waals surface area contributed by atoms with Gasteiger partial charge in [-0.1, -0.05) is 31.2 Å². The molecule has 0 fully saturated rings. The third kappa shape index (κ3) is 4.77. The van der Waals surface area contributed by atoms with E-state index in [4.69, 9.17) is 16.3 Å². The van der Waals surface area contributed by atoms with Crippen molar-refractivity contribution < 1.29 is 9.66 Å². The topological polar surface area (TPSA) is 74.4 Å². The van der Waals surface area contributed by atoms with Crippen molar-refractivity contribution >= 4 is 25.4 Å². The SMILES string of the molecule is C[Si](C)(C)CCOCn1ccc(=O)c([N+](=O)[O-])c1Cl. The molecule has 1 aromatic heterocycles. The van der Waals surface area contributed by atoms with E-state index in [-0.39, 0.29) is 11.9 Å². The summed E-state index contributed by atoms with van der Waals surface area (Å²) >= 11 is 5.83. The maximum Gasteiger partial charge on any atom is 0.351 e. The molecule has 1 rings (SSSR count). The molecule has 0 aliphatic carbocycles. The molecule has 0 bridgehead atoms. The lowest BCUT2D eigenvalue weighted by Crippen LogP contribution is -2.22. The van der Waals surface area contributed by atoms with Crippen molar-refractivity contribution in [1.82, 2.24) is 4.57 Å². The molecule has 1 heterocycles. The molecular weight excluding hydrogens is 288 g/mol. The lowest BCUT2D eigenvalue weighted by molar-refractivity contribution is -0.386. The second-order valence-electron chi connectivity index (χ2n) is 5.39. The average Bonchev–Trinajstić information content (AvgIpc) is 2.25. The Labute approximate surface area is 117 Å². The van der Waals surface area contributed by atoms with Gasteiger partial charge in [0.2, 0.25) is 0 Å². The molecular formula is C11H17ClN2O4Si. The molecule has 0 spiro atoms. The van der Waals surface area contributed by atoms with Crippen LogP contribution < -0.4 is 5.43 Å². The minimum atomic E-state index is -1.17. The van der Waals surface area contributed by atoms with E-state index in [2.05, 4.69) is 19.6 Å². The van der Waals surface area contributed by atoms with Gasteiger partial charge in [-0.05, 0) is 6.04 Å². The molecule has 19 heavy (non-hydrogen) atoms. The number of hydrogen-bond acceptors (Lipinski definition) is 4. The highest BCUT2D eigenvalue weighted by Crippen LogP contribution is 2.19. The first kappa shape index (κ1) is 15.9. The first-order valence-corrected chi connectivity index (χ1v) is 9.92. The monoisotopic (exact) mass is 304 g/mol. The molecule has 0 aliphatic heterocycles. The van der Waals surface area contributed by atoms with Gasteiger partial charge in [-0.2, -0.15) is 0 Å². The van der Waals surface area contributed by atoms with Crippen LogP contribution in [0.25, 0.3) is 0 Å². The minimum absolute atomic E-state index is 0.102. The molecule has 0 unspecified atom stereocenters. The largest absolute Gasteiger partial charge is 0.361 e. The number of halogens is 1. The zero-order valence-corrected chi connectivity index (χ0v) is 12.9. The Bertz CT molecular complexity index is 524. The molecule has 0 amide bonds. The molecule has 0 atom stereocenters. The summed E-state index contributed by atoms with van der Waals surface area (Å²) < 4.78 is 6.79. The Kier molecular flexibility index (Phi) is 5.27. The lowest BCUT2D eigenvalue weighted by atomic mass is 10.4. The van der Waals surface area contributed by atoms with Crippen molar-refractivity contribution in [2.75, 3.05) is 6.61 Å². The van der Waals surface area contributed by atoms with E-state index >= 15 is 0 Å². The zero-order chi connectivity index (χ0) is 14.6. The van der Waals surface area contributed by atoms with Gasteiger partial charge >= 0.3 is 5.69 Å². The predicted octanol–water partition coefficient (Wildman–Crippen LogP) is 2.72. The highest BCUT2D eigenvalue weighted by Gasteiger charge is 2.20. The maximum atomic E-state index is 11.3. The minimum Gasteiger partial charge on any atom is -0.361 e. The van der Waals surface area contributed by atoms with Gasteiger partial charge in [0.15, 0.2) is 5.15 Å². The van der Waals surface area contributed by atoms with E-state index in [0.717, 1.165) is 12.1 Å². The van der Waals surface area contributed by atoms with Crippen LogP contribution in [0.3, 0.4) is 0 Å². The molecule has 0 aromatic carbocycles. The van der Waals surface area contributed by atoms with E-state index in [0.29, 0.717) is 6.61 Å². The van der Waals surface area contributed by atoms with Gasteiger partial charge in [0.05, 0.1) is 4.92 Å². The summed E-state index contributed by atoms with van der Waals surface area (Å²) in [6.45, 7) is 7.37. The van der Waals surface area contributed by atoms with Crippen molar-refractivity contribution in [2.24, 2.45) is 0 Å². The van der Waals surface area contributed by atoms with Gasteiger partial charge in [-0.3, -0.25) is 14.9 Å². The molecule has 0 N–H and O–H groups in total. The van der Waals surface area contributed by atoms with E-state index < -0.39 is 24.1 Å². The van der Waals surface area contributed by atoms with Crippen molar-refractivity contribution in [3.8, 4) is 0 Å². The van der Waals surface area contributed by atoms with E-state index in [1.165, 1.54) is 10.8 Å². The predicted molar refractivity (Wildman–Crippen MR) is 76.5 cm³/mol. The maximum absolute atomic E-state index is 11.3. The molecule has 106 valence electrons. The van der Waals surface area contributed by atoms with Crippen LogP contribution in [0.4, 0.5) is 5.69 Å². The number of nitro groups is 1. The number of ether oxygens (including phenoxy) is 1. The molecule has 0 aliphatic rings. The highest BCUT2D eigenvalue weighted by molar-refractivity contribution is 6.76. The Morgan fingerprint density at radius 2 is 2.11 bits per heavy atom. The van der Waals surface area contributed by atoms with Gasteiger partial charge in [0, 0.05) is 26.9 Å². The van der Waals surface area contributed by atoms with Gasteiger partial charge in [0.1, 0.15) is 6.73 Å². The Morgan fingerprint density at radius 3 is 2.63 bits per heavy atom. The van der Waals surface area contributed by atoms with Crippen molar-refractivity contribution in [1.29, 1.82) is 0 Å². The molecule has 1 aromatic rings. The number of rotatable bonds is 6. The second-order valence-corrected chi connectivity index (χ2v) is 11.4. The second kappa shape index (κ2) is 6.31. The summed E-state index contributed by atoms with van der Waals surface area (Å²) in [7, 11) is -1.17. The Hall–Kier alpha value is -1.18. The number of pyridine rings is 1. The standard InChI is InChI=1S/C11H17ClN2O4Si/c1-19(2,3)7-6-18-8-13-5-4-9(15)10(11(13)12)14(16)17/h4-5H,6-8H2,1-3H3. The van der Waals surface area contributed by atoms with Crippen molar-refractivity contribution in [2.45, 2.75) is 32.4 Å². The van der Waals surface area contributed by atoms with E-state index in [9.17, 15) is 14.9 Å². The summed E-state index contributed by atoms with van der Waals surface area (Å²) in [5.41, 5.74) is -1.31. The first-order chi connectivity index (χ1) is 8.72. The summed E-state index contributed by atoms with van der Waals surface area (Å²) in [5.74, 6) is 0. The fourth-order valence-corrected chi connectivity index (χ4v) is 2.37. The summed E-state index contributed by atoms with van der Waals surface area (Å²) in [6.07, 6.45) is 1.40. The Morgan fingerprint density at radius 1 is 1.47 bits per heavy atom. The summed E-state index contributed by atoms with van der Waals surface area (Å²) in [5, 5.41) is 10.5. The fraction of sp³-hybridized carbons (Fsp3) is 0.545. The first-order valence-electron chi connectivity index (χ1n) is 5.83. The normalized spacial score (nSPS) is 11.6. The van der Waals surface area contributed by atoms with Gasteiger partial charge in [-0.15, -0.1) is 0 Å².